The number of nitrogens with one attached hydrogen (secondary N) is 1. The average molecular weight is 512 g/mol. The van der Waals surface area contributed by atoms with Gasteiger partial charge in [-0.3, -0.25) is 19.7 Å². The number of methoxy groups -OCH3 is 1. The Labute approximate surface area is 218 Å². The summed E-state index contributed by atoms with van der Waals surface area (Å²) in [6.07, 6.45) is 0. The van der Waals surface area contributed by atoms with E-state index in [9.17, 15) is 19.7 Å². The molecule has 2 heterocycles. The summed E-state index contributed by atoms with van der Waals surface area (Å²) in [5.41, 5.74) is 2.69. The second-order valence-corrected chi connectivity index (χ2v) is 8.81. The van der Waals surface area contributed by atoms with E-state index in [2.05, 4.69) is 15.2 Å². The summed E-state index contributed by atoms with van der Waals surface area (Å²) in [5.74, 6) is 0.0654. The Morgan fingerprint density at radius 1 is 0.947 bits per heavy atom. The van der Waals surface area contributed by atoms with Crippen molar-refractivity contribution in [3.63, 3.8) is 0 Å². The highest BCUT2D eigenvalue weighted by Crippen LogP contribution is 2.26. The first-order valence-electron chi connectivity index (χ1n) is 12.1. The summed E-state index contributed by atoms with van der Waals surface area (Å²) in [6, 6.07) is 22.2. The number of hydrogen-bond acceptors (Lipinski definition) is 7. The van der Waals surface area contributed by atoms with Gasteiger partial charge in [0.1, 0.15) is 11.4 Å². The lowest BCUT2D eigenvalue weighted by Gasteiger charge is -2.36. The summed E-state index contributed by atoms with van der Waals surface area (Å²) in [4.78, 5) is 44.6. The van der Waals surface area contributed by atoms with Gasteiger partial charge in [0.15, 0.2) is 0 Å². The molecule has 0 aliphatic carbocycles. The predicted octanol–water partition coefficient (Wildman–Crippen LogP) is 4.37. The molecule has 38 heavy (non-hydrogen) atoms. The van der Waals surface area contributed by atoms with Gasteiger partial charge in [-0.1, -0.05) is 18.2 Å². The Balaban J connectivity index is 1.20. The smallest absolute Gasteiger partial charge is 0.272 e. The van der Waals surface area contributed by atoms with Crippen LogP contribution < -0.4 is 15.0 Å². The molecule has 3 aromatic carbocycles. The van der Waals surface area contributed by atoms with Crippen molar-refractivity contribution in [2.24, 2.45) is 0 Å². The summed E-state index contributed by atoms with van der Waals surface area (Å²) < 4.78 is 5.48. The molecular weight excluding hydrogens is 486 g/mol. The van der Waals surface area contributed by atoms with Crippen LogP contribution in [0, 0.1) is 10.1 Å². The molecule has 1 fully saturated rings. The number of nitro groups is 1. The fourth-order valence-corrected chi connectivity index (χ4v) is 4.47. The first-order chi connectivity index (χ1) is 18.4. The number of piperazine rings is 1. The van der Waals surface area contributed by atoms with Crippen LogP contribution in [0.5, 0.6) is 5.75 Å². The van der Waals surface area contributed by atoms with E-state index >= 15 is 0 Å². The van der Waals surface area contributed by atoms with Gasteiger partial charge >= 0.3 is 0 Å². The van der Waals surface area contributed by atoms with Gasteiger partial charge in [-0.2, -0.15) is 0 Å². The Bertz CT molecular complexity index is 1510. The maximum absolute atomic E-state index is 13.2. The third-order valence-corrected chi connectivity index (χ3v) is 6.49. The number of hydrogen-bond donors (Lipinski definition) is 1. The summed E-state index contributed by atoms with van der Waals surface area (Å²) >= 11 is 0. The van der Waals surface area contributed by atoms with Crippen molar-refractivity contribution in [2.45, 2.75) is 0 Å². The lowest BCUT2D eigenvalue weighted by Crippen LogP contribution is -2.49. The number of nitro benzene ring substituents is 1. The monoisotopic (exact) mass is 511 g/mol. The van der Waals surface area contributed by atoms with Crippen LogP contribution in [0.3, 0.4) is 0 Å². The number of amides is 2. The molecular formula is C28H25N5O5. The van der Waals surface area contributed by atoms with Crippen molar-refractivity contribution in [3.05, 3.63) is 100 Å². The number of benzene rings is 3. The van der Waals surface area contributed by atoms with Crippen molar-refractivity contribution in [3.8, 4) is 5.75 Å². The van der Waals surface area contributed by atoms with E-state index in [1.807, 2.05) is 36.4 Å². The molecule has 4 aromatic rings. The van der Waals surface area contributed by atoms with Crippen LogP contribution in [0.15, 0.2) is 78.9 Å². The largest absolute Gasteiger partial charge is 0.496 e. The number of non-ortho nitro benzene ring substituents is 1. The summed E-state index contributed by atoms with van der Waals surface area (Å²) in [5, 5.41) is 14.6. The minimum Gasteiger partial charge on any atom is -0.496 e. The van der Waals surface area contributed by atoms with Crippen LogP contribution in [0.1, 0.15) is 20.8 Å². The van der Waals surface area contributed by atoms with Crippen LogP contribution in [-0.2, 0) is 0 Å². The quantitative estimate of drug-likeness (QED) is 0.302. The number of carbonyl (C=O) groups is 2. The van der Waals surface area contributed by atoms with Crippen LogP contribution in [0.2, 0.25) is 0 Å². The lowest BCUT2D eigenvalue weighted by atomic mass is 10.1. The van der Waals surface area contributed by atoms with Crippen molar-refractivity contribution >= 4 is 39.8 Å². The molecule has 1 aromatic heterocycles. The number of para-hydroxylation sites is 1. The molecule has 0 spiro atoms. The number of ether oxygens (including phenoxy) is 1. The number of anilines is 2. The molecule has 0 atom stereocenters. The van der Waals surface area contributed by atoms with Gasteiger partial charge in [0, 0.05) is 66.7 Å². The van der Waals surface area contributed by atoms with E-state index in [-0.39, 0.29) is 17.2 Å². The molecule has 0 saturated carbocycles. The van der Waals surface area contributed by atoms with Gasteiger partial charge in [0.05, 0.1) is 17.5 Å². The topological polar surface area (TPSA) is 118 Å². The molecule has 2 amide bonds. The van der Waals surface area contributed by atoms with Crippen LogP contribution in [0.25, 0.3) is 10.9 Å². The van der Waals surface area contributed by atoms with Gasteiger partial charge < -0.3 is 19.9 Å². The van der Waals surface area contributed by atoms with E-state index in [1.165, 1.54) is 24.3 Å². The predicted molar refractivity (Wildman–Crippen MR) is 144 cm³/mol. The maximum atomic E-state index is 13.2. The zero-order valence-electron chi connectivity index (χ0n) is 20.7. The minimum atomic E-state index is -0.534. The van der Waals surface area contributed by atoms with E-state index in [1.54, 1.807) is 30.2 Å². The van der Waals surface area contributed by atoms with E-state index in [0.29, 0.717) is 48.8 Å². The second-order valence-electron chi connectivity index (χ2n) is 8.81. The molecule has 1 N–H and O–H groups in total. The highest BCUT2D eigenvalue weighted by atomic mass is 16.6. The van der Waals surface area contributed by atoms with E-state index in [0.717, 1.165) is 11.1 Å². The lowest BCUT2D eigenvalue weighted by molar-refractivity contribution is -0.384. The molecule has 5 rings (SSSR count). The fraction of sp³-hybridized carbons (Fsp3) is 0.179. The van der Waals surface area contributed by atoms with Crippen molar-refractivity contribution in [1.29, 1.82) is 0 Å². The van der Waals surface area contributed by atoms with Gasteiger partial charge in [0.2, 0.25) is 0 Å². The number of rotatable bonds is 6. The number of fused-ring (bicyclic) bond motifs is 1. The number of carbonyl (C=O) groups excluding carboxylic acids is 2. The van der Waals surface area contributed by atoms with Crippen molar-refractivity contribution in [1.82, 2.24) is 9.88 Å². The third kappa shape index (κ3) is 5.10. The third-order valence-electron chi connectivity index (χ3n) is 6.49. The molecule has 0 radical (unpaired) electrons. The highest BCUT2D eigenvalue weighted by molar-refractivity contribution is 6.04. The average Bonchev–Trinajstić information content (AvgIpc) is 2.96. The summed E-state index contributed by atoms with van der Waals surface area (Å²) in [7, 11) is 1.58. The molecule has 10 heteroatoms. The van der Waals surface area contributed by atoms with Gasteiger partial charge in [-0.05, 0) is 42.5 Å². The standard InChI is InChI=1S/C28H25N5O5/c1-38-26-18-25(30-24-8-3-2-7-23(24)26)28(35)32-15-13-31(14-16-32)21-11-9-20(10-12-21)29-27(34)19-5-4-6-22(17-19)33(36)37/h2-12,17-18H,13-16H2,1H3,(H,29,34). The molecule has 1 saturated heterocycles. The van der Waals surface area contributed by atoms with E-state index in [4.69, 9.17) is 4.74 Å². The van der Waals surface area contributed by atoms with Gasteiger partial charge in [-0.15, -0.1) is 0 Å². The van der Waals surface area contributed by atoms with E-state index < -0.39 is 10.8 Å². The first-order valence-corrected chi connectivity index (χ1v) is 12.1. The van der Waals surface area contributed by atoms with Gasteiger partial charge in [0.25, 0.3) is 17.5 Å². The number of nitrogens with zero attached hydrogens (tertiary/aromatic N) is 4. The molecule has 192 valence electrons. The molecule has 0 bridgehead atoms. The Morgan fingerprint density at radius 2 is 1.68 bits per heavy atom. The van der Waals surface area contributed by atoms with Crippen molar-refractivity contribution in [2.75, 3.05) is 43.5 Å². The zero-order valence-corrected chi connectivity index (χ0v) is 20.7. The highest BCUT2D eigenvalue weighted by Gasteiger charge is 2.24. The summed E-state index contributed by atoms with van der Waals surface area (Å²) in [6.45, 7) is 2.38. The van der Waals surface area contributed by atoms with Crippen molar-refractivity contribution < 1.29 is 19.2 Å². The minimum absolute atomic E-state index is 0.132. The fourth-order valence-electron chi connectivity index (χ4n) is 4.47. The first kappa shape index (κ1) is 24.7. The Morgan fingerprint density at radius 3 is 2.39 bits per heavy atom. The second kappa shape index (κ2) is 10.6. The Kier molecular flexibility index (Phi) is 6.86. The molecule has 1 aliphatic heterocycles. The Hall–Kier alpha value is -4.99. The normalized spacial score (nSPS) is 13.3. The number of aromatic nitrogens is 1. The van der Waals surface area contributed by atoms with Gasteiger partial charge in [-0.25, -0.2) is 4.98 Å². The SMILES string of the molecule is COc1cc(C(=O)N2CCN(c3ccc(NC(=O)c4cccc([N+](=O)[O-])c4)cc3)CC2)nc2ccccc12. The van der Waals surface area contributed by atoms with Crippen LogP contribution >= 0.6 is 0 Å². The zero-order chi connectivity index (χ0) is 26.6. The maximum Gasteiger partial charge on any atom is 0.272 e. The molecule has 0 unspecified atom stereocenters. The van der Waals surface area contributed by atoms with Crippen LogP contribution in [0.4, 0.5) is 17.1 Å². The van der Waals surface area contributed by atoms with Crippen LogP contribution in [-0.4, -0.2) is 59.9 Å². The molecule has 10 nitrogen and oxygen atoms in total. The number of pyridine rings is 1. The molecule has 1 aliphatic rings.